The minimum absolute atomic E-state index is 0.0601. The highest BCUT2D eigenvalue weighted by atomic mass is 32.2. The Morgan fingerprint density at radius 1 is 0.962 bits per heavy atom. The van der Waals surface area contributed by atoms with E-state index in [-0.39, 0.29) is 5.78 Å². The molecule has 0 amide bonds. The van der Waals surface area contributed by atoms with Crippen molar-refractivity contribution < 1.29 is 18.8 Å². The lowest BCUT2D eigenvalue weighted by atomic mass is 9.87. The number of rotatable bonds is 7. The molecule has 0 bridgehead atoms. The van der Waals surface area contributed by atoms with Crippen molar-refractivity contribution in [1.82, 2.24) is 0 Å². The summed E-state index contributed by atoms with van der Waals surface area (Å²) >= 11 is 1.13. The standard InChI is InChI=1S/C21H22O4S/c1-4-21(5-2)20(22)18(15-9-7-6-8-10-15)19(24-21)16-11-13-17(14-12-16)26-25-23-3/h6-14H,4-5H2,1-3H3. The second-order valence-corrected chi connectivity index (χ2v) is 6.82. The van der Waals surface area contributed by atoms with E-state index in [0.29, 0.717) is 24.2 Å². The summed E-state index contributed by atoms with van der Waals surface area (Å²) in [6.07, 6.45) is 1.27. The fourth-order valence-corrected chi connectivity index (χ4v) is 3.54. The molecule has 0 atom stereocenters. The maximum absolute atomic E-state index is 13.3. The summed E-state index contributed by atoms with van der Waals surface area (Å²) in [5.41, 5.74) is 1.63. The van der Waals surface area contributed by atoms with E-state index in [9.17, 15) is 4.79 Å². The van der Waals surface area contributed by atoms with Crippen LogP contribution in [0.4, 0.5) is 0 Å². The van der Waals surface area contributed by atoms with E-state index in [0.717, 1.165) is 28.1 Å². The van der Waals surface area contributed by atoms with Gasteiger partial charge in [-0.2, -0.15) is 4.33 Å². The van der Waals surface area contributed by atoms with Crippen molar-refractivity contribution in [2.24, 2.45) is 0 Å². The van der Waals surface area contributed by atoms with Crippen molar-refractivity contribution in [1.29, 1.82) is 0 Å². The minimum atomic E-state index is -0.785. The molecule has 0 unspecified atom stereocenters. The van der Waals surface area contributed by atoms with Crippen LogP contribution in [0, 0.1) is 0 Å². The molecule has 2 aromatic rings. The second-order valence-electron chi connectivity index (χ2n) is 6.05. The summed E-state index contributed by atoms with van der Waals surface area (Å²) < 4.78 is 11.2. The monoisotopic (exact) mass is 370 g/mol. The Balaban J connectivity index is 2.05. The Labute approximate surface area is 158 Å². The molecular formula is C21H22O4S. The van der Waals surface area contributed by atoms with E-state index in [2.05, 4.69) is 4.89 Å². The highest BCUT2D eigenvalue weighted by molar-refractivity contribution is 7.94. The van der Waals surface area contributed by atoms with Gasteiger partial charge in [0.15, 0.2) is 5.60 Å². The number of carbonyl (C=O) groups is 1. The van der Waals surface area contributed by atoms with Gasteiger partial charge in [0.1, 0.15) is 5.76 Å². The topological polar surface area (TPSA) is 44.8 Å². The van der Waals surface area contributed by atoms with E-state index in [1.165, 1.54) is 7.11 Å². The molecule has 0 aliphatic carbocycles. The summed E-state index contributed by atoms with van der Waals surface area (Å²) in [5, 5.41) is 0. The first-order valence-corrected chi connectivity index (χ1v) is 9.40. The zero-order valence-electron chi connectivity index (χ0n) is 15.2. The van der Waals surface area contributed by atoms with Crippen LogP contribution in [-0.4, -0.2) is 18.5 Å². The summed E-state index contributed by atoms with van der Waals surface area (Å²) in [5.74, 6) is 0.707. The van der Waals surface area contributed by atoms with Gasteiger partial charge in [-0.3, -0.25) is 4.79 Å². The number of ketones is 1. The molecule has 0 saturated heterocycles. The van der Waals surface area contributed by atoms with E-state index >= 15 is 0 Å². The Morgan fingerprint density at radius 2 is 1.62 bits per heavy atom. The molecule has 5 heteroatoms. The highest BCUT2D eigenvalue weighted by Gasteiger charge is 2.47. The average Bonchev–Trinajstić information content (AvgIpc) is 3.00. The van der Waals surface area contributed by atoms with Crippen LogP contribution in [0.1, 0.15) is 37.8 Å². The van der Waals surface area contributed by atoms with Crippen LogP contribution < -0.4 is 0 Å². The molecule has 2 aromatic carbocycles. The largest absolute Gasteiger partial charge is 0.478 e. The van der Waals surface area contributed by atoms with Crippen molar-refractivity contribution in [2.45, 2.75) is 37.2 Å². The molecule has 0 N–H and O–H groups in total. The Kier molecular flexibility index (Phi) is 5.81. The first-order chi connectivity index (χ1) is 12.6. The second kappa shape index (κ2) is 8.08. The number of ether oxygens (including phenoxy) is 1. The Morgan fingerprint density at radius 3 is 2.19 bits per heavy atom. The first kappa shape index (κ1) is 18.7. The van der Waals surface area contributed by atoms with Crippen LogP contribution in [0.25, 0.3) is 11.3 Å². The van der Waals surface area contributed by atoms with Crippen molar-refractivity contribution in [3.8, 4) is 0 Å². The number of hydrogen-bond acceptors (Lipinski definition) is 5. The molecule has 0 spiro atoms. The molecule has 1 aliphatic heterocycles. The van der Waals surface area contributed by atoms with Gasteiger partial charge in [0.25, 0.3) is 0 Å². The number of Topliss-reactive ketones (excluding diaryl/α,β-unsaturated/α-hetero) is 1. The third-order valence-electron chi connectivity index (χ3n) is 4.68. The lowest BCUT2D eigenvalue weighted by Gasteiger charge is -2.25. The van der Waals surface area contributed by atoms with Crippen molar-refractivity contribution in [3.05, 3.63) is 65.7 Å². The van der Waals surface area contributed by atoms with Gasteiger partial charge in [-0.1, -0.05) is 56.3 Å². The van der Waals surface area contributed by atoms with E-state index < -0.39 is 5.60 Å². The smallest absolute Gasteiger partial charge is 0.210 e. The fraction of sp³-hybridized carbons (Fsp3) is 0.286. The molecule has 0 aromatic heterocycles. The molecule has 0 saturated carbocycles. The molecular weight excluding hydrogens is 348 g/mol. The molecule has 1 aliphatic rings. The van der Waals surface area contributed by atoms with Crippen molar-refractivity contribution in [3.63, 3.8) is 0 Å². The SMILES string of the molecule is CCC1(CC)OC(c2ccc(SOOC)cc2)=C(c2ccccc2)C1=O. The molecule has 1 heterocycles. The maximum Gasteiger partial charge on any atom is 0.210 e. The average molecular weight is 370 g/mol. The molecule has 26 heavy (non-hydrogen) atoms. The van der Waals surface area contributed by atoms with Crippen molar-refractivity contribution in [2.75, 3.05) is 7.11 Å². The summed E-state index contributed by atoms with van der Waals surface area (Å²) in [7, 11) is 1.46. The fourth-order valence-electron chi connectivity index (χ4n) is 3.14. The van der Waals surface area contributed by atoms with Gasteiger partial charge in [0.05, 0.1) is 24.7 Å². The van der Waals surface area contributed by atoms with Crippen LogP contribution >= 0.6 is 12.0 Å². The normalized spacial score (nSPS) is 16.0. The molecule has 3 rings (SSSR count). The Hall–Kier alpha value is -2.08. The molecule has 4 nitrogen and oxygen atoms in total. The van der Waals surface area contributed by atoms with Crippen LogP contribution in [0.3, 0.4) is 0 Å². The molecule has 136 valence electrons. The zero-order valence-corrected chi connectivity index (χ0v) is 16.0. The predicted octanol–water partition coefficient (Wildman–Crippen LogP) is 5.30. The third kappa shape index (κ3) is 3.43. The summed E-state index contributed by atoms with van der Waals surface area (Å²) in [6.45, 7) is 3.99. The number of hydrogen-bond donors (Lipinski definition) is 0. The van der Waals surface area contributed by atoms with Crippen molar-refractivity contribution >= 4 is 29.2 Å². The van der Waals surface area contributed by atoms with Gasteiger partial charge in [0, 0.05) is 10.5 Å². The first-order valence-electron chi connectivity index (χ1n) is 8.66. The van der Waals surface area contributed by atoms with Gasteiger partial charge < -0.3 is 4.74 Å². The van der Waals surface area contributed by atoms with Crippen LogP contribution in [0.5, 0.6) is 0 Å². The minimum Gasteiger partial charge on any atom is -0.478 e. The highest BCUT2D eigenvalue weighted by Crippen LogP contribution is 2.44. The van der Waals surface area contributed by atoms with Crippen LogP contribution in [0.15, 0.2) is 59.5 Å². The molecule has 0 fully saturated rings. The lowest BCUT2D eigenvalue weighted by molar-refractivity contribution is -0.160. The molecule has 0 radical (unpaired) electrons. The van der Waals surface area contributed by atoms with Gasteiger partial charge in [-0.05, 0) is 30.5 Å². The Bertz CT molecular complexity index is 793. The van der Waals surface area contributed by atoms with E-state index in [1.54, 1.807) is 0 Å². The van der Waals surface area contributed by atoms with Crippen LogP contribution in [-0.2, 0) is 18.8 Å². The maximum atomic E-state index is 13.3. The van der Waals surface area contributed by atoms with Gasteiger partial charge in [-0.25, -0.2) is 4.89 Å². The van der Waals surface area contributed by atoms with Crippen LogP contribution in [0.2, 0.25) is 0 Å². The zero-order chi connectivity index (χ0) is 18.6. The van der Waals surface area contributed by atoms with E-state index in [1.807, 2.05) is 68.4 Å². The van der Waals surface area contributed by atoms with E-state index in [4.69, 9.17) is 9.07 Å². The van der Waals surface area contributed by atoms with Gasteiger partial charge in [-0.15, -0.1) is 0 Å². The number of carbonyl (C=O) groups excluding carboxylic acids is 1. The quantitative estimate of drug-likeness (QED) is 0.376. The lowest BCUT2D eigenvalue weighted by Crippen LogP contribution is -2.35. The van der Waals surface area contributed by atoms with Gasteiger partial charge in [0.2, 0.25) is 5.78 Å². The summed E-state index contributed by atoms with van der Waals surface area (Å²) in [6, 6.07) is 17.4. The summed E-state index contributed by atoms with van der Waals surface area (Å²) in [4.78, 5) is 18.8. The van der Waals surface area contributed by atoms with Gasteiger partial charge >= 0.3 is 0 Å². The third-order valence-corrected chi connectivity index (χ3v) is 5.35. The number of benzene rings is 2. The predicted molar refractivity (Wildman–Crippen MR) is 103 cm³/mol.